The Bertz CT molecular complexity index is 1970. The number of nitrogens with one attached hydrogen (secondary N) is 1. The molecule has 0 bridgehead atoms. The van der Waals surface area contributed by atoms with Crippen molar-refractivity contribution in [1.82, 2.24) is 4.90 Å². The Hall–Kier alpha value is -5.23. The fraction of sp³-hybridized carbons (Fsp3) is 0.310. The third-order valence-electron chi connectivity index (χ3n) is 10.9. The lowest BCUT2D eigenvalue weighted by molar-refractivity contribution is -0.149. The van der Waals surface area contributed by atoms with Crippen LogP contribution in [0.25, 0.3) is 0 Å². The number of hydrogen-bond donors (Lipinski definition) is 3. The van der Waals surface area contributed by atoms with Gasteiger partial charge in [-0.05, 0) is 65.7 Å². The molecular weight excluding hydrogens is 685 g/mol. The van der Waals surface area contributed by atoms with Crippen molar-refractivity contribution in [3.8, 4) is 5.75 Å². The number of anilines is 3. The van der Waals surface area contributed by atoms with Gasteiger partial charge in [0.05, 0.1) is 40.0 Å². The van der Waals surface area contributed by atoms with Gasteiger partial charge in [-0.1, -0.05) is 73.7 Å². The van der Waals surface area contributed by atoms with E-state index < -0.39 is 19.8 Å². The Labute approximate surface area is 312 Å². The summed E-state index contributed by atoms with van der Waals surface area (Å²) >= 11 is 0. The zero-order valence-corrected chi connectivity index (χ0v) is 31.7. The minimum atomic E-state index is -2.55. The number of carbonyl (C=O) groups is 3. The highest BCUT2D eigenvalue weighted by molar-refractivity contribution is 6.91. The fourth-order valence-corrected chi connectivity index (χ4v) is 12.3. The van der Waals surface area contributed by atoms with E-state index in [9.17, 15) is 19.5 Å². The van der Waals surface area contributed by atoms with Gasteiger partial charge in [-0.3, -0.25) is 14.4 Å². The van der Waals surface area contributed by atoms with Crippen LogP contribution in [0.15, 0.2) is 110 Å². The number of rotatable bonds is 13. The van der Waals surface area contributed by atoms with Gasteiger partial charge in [0, 0.05) is 48.1 Å². The number of carbonyl (C=O) groups excluding carboxylic acids is 3. The average Bonchev–Trinajstić information content (AvgIpc) is 3.58. The van der Waals surface area contributed by atoms with Gasteiger partial charge in [0.1, 0.15) is 5.75 Å². The number of ether oxygens (including phenoxy) is 2. The molecule has 0 saturated carbocycles. The highest BCUT2D eigenvalue weighted by Gasteiger charge is 2.66. The Kier molecular flexibility index (Phi) is 10.9. The Morgan fingerprint density at radius 3 is 2.40 bits per heavy atom. The zero-order chi connectivity index (χ0) is 37.9. The number of hydrogen-bond acceptors (Lipinski definition) is 7. The molecule has 3 amide bonds. The molecule has 6 rings (SSSR count). The molecule has 1 spiro atoms. The van der Waals surface area contributed by atoms with Crippen molar-refractivity contribution >= 4 is 48.0 Å². The van der Waals surface area contributed by atoms with Crippen LogP contribution >= 0.6 is 0 Å². The van der Waals surface area contributed by atoms with Crippen molar-refractivity contribution in [2.45, 2.75) is 50.2 Å². The molecule has 53 heavy (non-hydrogen) atoms. The molecule has 2 aliphatic rings. The van der Waals surface area contributed by atoms with Crippen molar-refractivity contribution in [1.29, 1.82) is 0 Å². The summed E-state index contributed by atoms with van der Waals surface area (Å²) in [6.07, 6.45) is 1.07. The minimum Gasteiger partial charge on any atom is -0.497 e. The van der Waals surface area contributed by atoms with E-state index in [1.807, 2.05) is 54.6 Å². The largest absolute Gasteiger partial charge is 0.497 e. The number of amides is 3. The minimum absolute atomic E-state index is 0.0216. The normalized spacial score (nSPS) is 20.7. The second-order valence-corrected chi connectivity index (χ2v) is 19.1. The van der Waals surface area contributed by atoms with Crippen LogP contribution in [0.4, 0.5) is 17.1 Å². The van der Waals surface area contributed by atoms with E-state index in [2.05, 4.69) is 44.0 Å². The van der Waals surface area contributed by atoms with Crippen molar-refractivity contribution in [3.05, 3.63) is 126 Å². The van der Waals surface area contributed by atoms with Crippen LogP contribution in [0.1, 0.15) is 34.8 Å². The van der Waals surface area contributed by atoms with Gasteiger partial charge in [-0.2, -0.15) is 0 Å². The van der Waals surface area contributed by atoms with Crippen LogP contribution in [0.5, 0.6) is 5.75 Å². The molecule has 0 aliphatic carbocycles. The van der Waals surface area contributed by atoms with E-state index in [0.717, 1.165) is 16.5 Å². The lowest BCUT2D eigenvalue weighted by Crippen LogP contribution is -2.52. The first-order valence-corrected chi connectivity index (χ1v) is 21.0. The monoisotopic (exact) mass is 732 g/mol. The standard InChI is InChI=1S/C42H48N4O6Si/c1-6-22-46-36-21-16-32(44-40(49)30-12-14-31(43)15-13-30)25-35(36)42(41(46)50)28(2)39(53(4,5)34-19-17-33(51-3)18-20-34)37(52-42)26-38(48)45(23-24-47)27-29-10-8-7-9-11-29/h6-21,25,28,37,39,47H,1,22-24,26-27,43H2,2-5H3,(H,44,49)/t28-,37+,39-,42+/m1/s1. The smallest absolute Gasteiger partial charge is 0.264 e. The topological polar surface area (TPSA) is 134 Å². The second kappa shape index (κ2) is 15.4. The van der Waals surface area contributed by atoms with Gasteiger partial charge in [-0.25, -0.2) is 0 Å². The summed E-state index contributed by atoms with van der Waals surface area (Å²) in [7, 11) is -0.915. The number of methoxy groups -OCH3 is 1. The molecule has 4 N–H and O–H groups in total. The van der Waals surface area contributed by atoms with E-state index >= 15 is 0 Å². The quantitative estimate of drug-likeness (QED) is 0.0914. The maximum atomic E-state index is 14.9. The van der Waals surface area contributed by atoms with E-state index in [1.54, 1.807) is 53.3 Å². The molecule has 1 fully saturated rings. The van der Waals surface area contributed by atoms with Crippen LogP contribution < -0.4 is 25.9 Å². The van der Waals surface area contributed by atoms with Gasteiger partial charge >= 0.3 is 0 Å². The van der Waals surface area contributed by atoms with Crippen molar-refractivity contribution in [2.24, 2.45) is 5.92 Å². The molecule has 4 aromatic carbocycles. The van der Waals surface area contributed by atoms with Gasteiger partial charge in [-0.15, -0.1) is 6.58 Å². The lowest BCUT2D eigenvalue weighted by Gasteiger charge is -2.37. The summed E-state index contributed by atoms with van der Waals surface area (Å²) in [5.41, 5.74) is 7.98. The third-order valence-corrected chi connectivity index (χ3v) is 15.3. The molecule has 276 valence electrons. The summed E-state index contributed by atoms with van der Waals surface area (Å²) in [5, 5.41) is 14.1. The van der Waals surface area contributed by atoms with E-state index in [0.29, 0.717) is 34.7 Å². The number of benzene rings is 4. The average molecular weight is 733 g/mol. The number of aliphatic hydroxyl groups excluding tert-OH is 1. The molecule has 0 radical (unpaired) electrons. The maximum Gasteiger partial charge on any atom is 0.264 e. The lowest BCUT2D eigenvalue weighted by atomic mass is 9.82. The number of fused-ring (bicyclic) bond motifs is 2. The molecule has 11 heteroatoms. The summed E-state index contributed by atoms with van der Waals surface area (Å²) in [5.74, 6) is -0.332. The zero-order valence-electron chi connectivity index (χ0n) is 30.7. The van der Waals surface area contributed by atoms with Gasteiger partial charge in [0.15, 0.2) is 5.60 Å². The number of nitrogens with zero attached hydrogens (tertiary/aromatic N) is 2. The highest BCUT2D eigenvalue weighted by Crippen LogP contribution is 2.60. The first-order chi connectivity index (χ1) is 25.4. The molecule has 2 heterocycles. The number of aliphatic hydroxyl groups is 1. The predicted octanol–water partition coefficient (Wildman–Crippen LogP) is 5.69. The number of nitrogen functional groups attached to an aromatic ring is 1. The molecule has 4 aromatic rings. The third kappa shape index (κ3) is 7.12. The summed E-state index contributed by atoms with van der Waals surface area (Å²) in [6.45, 7) is 11.1. The van der Waals surface area contributed by atoms with Gasteiger partial charge < -0.3 is 35.4 Å². The van der Waals surface area contributed by atoms with Crippen molar-refractivity contribution in [3.63, 3.8) is 0 Å². The van der Waals surface area contributed by atoms with Gasteiger partial charge in [0.25, 0.3) is 11.8 Å². The molecule has 0 unspecified atom stereocenters. The summed E-state index contributed by atoms with van der Waals surface area (Å²) < 4.78 is 12.6. The fourth-order valence-electron chi connectivity index (χ4n) is 8.26. The molecule has 4 atom stereocenters. The summed E-state index contributed by atoms with van der Waals surface area (Å²) in [4.78, 5) is 45.8. The predicted molar refractivity (Wildman–Crippen MR) is 211 cm³/mol. The number of nitrogens with two attached hydrogens (primary N) is 1. The Morgan fingerprint density at radius 1 is 1.06 bits per heavy atom. The Morgan fingerprint density at radius 2 is 1.75 bits per heavy atom. The van der Waals surface area contributed by atoms with Crippen molar-refractivity contribution in [2.75, 3.05) is 42.8 Å². The van der Waals surface area contributed by atoms with Crippen molar-refractivity contribution < 1.29 is 29.0 Å². The second-order valence-electron chi connectivity index (χ2n) is 14.4. The van der Waals surface area contributed by atoms with Crippen LogP contribution in [-0.2, 0) is 26.5 Å². The van der Waals surface area contributed by atoms with E-state index in [4.69, 9.17) is 15.2 Å². The van der Waals surface area contributed by atoms with E-state index in [-0.39, 0.29) is 55.3 Å². The van der Waals surface area contributed by atoms with Crippen LogP contribution in [-0.4, -0.2) is 68.7 Å². The molecule has 2 aliphatic heterocycles. The van der Waals surface area contributed by atoms with Crippen LogP contribution in [0.2, 0.25) is 18.6 Å². The Balaban J connectivity index is 1.43. The summed E-state index contributed by atoms with van der Waals surface area (Å²) in [6, 6.07) is 29.8. The highest BCUT2D eigenvalue weighted by atomic mass is 28.3. The molecular formula is C42H48N4O6Si. The molecule has 1 saturated heterocycles. The first-order valence-electron chi connectivity index (χ1n) is 17.9. The van der Waals surface area contributed by atoms with Crippen LogP contribution in [0.3, 0.4) is 0 Å². The van der Waals surface area contributed by atoms with Crippen LogP contribution in [0, 0.1) is 5.92 Å². The first kappa shape index (κ1) is 37.5. The molecule has 10 nitrogen and oxygen atoms in total. The maximum absolute atomic E-state index is 14.9. The van der Waals surface area contributed by atoms with E-state index in [1.165, 1.54) is 0 Å². The SMILES string of the molecule is C=CCN1C(=O)[C@@]2(O[C@@H](CC(=O)N(CCO)Cc3ccccc3)[C@H]([Si](C)(C)c3ccc(OC)cc3)[C@H]2C)c2cc(NC(=O)c3ccc(N)cc3)ccc21. The van der Waals surface area contributed by atoms with Gasteiger partial charge in [0.2, 0.25) is 5.91 Å². The molecule has 0 aromatic heterocycles.